The minimum Gasteiger partial charge on any atom is -0.356 e. The first-order valence-corrected chi connectivity index (χ1v) is 4.93. The summed E-state index contributed by atoms with van der Waals surface area (Å²) < 4.78 is 0. The van der Waals surface area contributed by atoms with E-state index in [2.05, 4.69) is 10.2 Å². The average molecular weight is 200 g/mol. The molecule has 0 saturated heterocycles. The van der Waals surface area contributed by atoms with E-state index in [0.29, 0.717) is 19.4 Å². The first kappa shape index (κ1) is 13.1. The van der Waals surface area contributed by atoms with Crippen molar-refractivity contribution in [2.24, 2.45) is 0 Å². The summed E-state index contributed by atoms with van der Waals surface area (Å²) in [5, 5.41) is 2.78. The van der Waals surface area contributed by atoms with E-state index in [4.69, 9.17) is 0 Å². The molecule has 0 fully saturated rings. The number of Topliss-reactive ketones (excluding diaryl/α,β-unsaturated/α-hetero) is 1. The molecule has 0 bridgehead atoms. The Labute approximate surface area is 85.7 Å². The topological polar surface area (TPSA) is 49.4 Å². The number of amides is 1. The van der Waals surface area contributed by atoms with Gasteiger partial charge in [-0.1, -0.05) is 0 Å². The first-order valence-electron chi connectivity index (χ1n) is 4.93. The van der Waals surface area contributed by atoms with Gasteiger partial charge in [-0.3, -0.25) is 4.79 Å². The second kappa shape index (κ2) is 7.50. The van der Waals surface area contributed by atoms with Crippen LogP contribution in [0.3, 0.4) is 0 Å². The number of carbonyl (C=O) groups is 2. The monoisotopic (exact) mass is 200 g/mol. The molecule has 0 rings (SSSR count). The van der Waals surface area contributed by atoms with Crippen LogP contribution in [0, 0.1) is 0 Å². The van der Waals surface area contributed by atoms with Gasteiger partial charge < -0.3 is 15.0 Å². The fourth-order valence-electron chi connectivity index (χ4n) is 1.00. The summed E-state index contributed by atoms with van der Waals surface area (Å²) in [7, 11) is 4.00. The first-order chi connectivity index (χ1) is 6.52. The molecule has 0 aromatic carbocycles. The molecule has 1 N–H and O–H groups in total. The van der Waals surface area contributed by atoms with E-state index >= 15 is 0 Å². The normalized spacial score (nSPS) is 10.3. The predicted octanol–water partition coefficient (Wildman–Crippen LogP) is 0.424. The van der Waals surface area contributed by atoms with Gasteiger partial charge in [0, 0.05) is 19.4 Å². The largest absolute Gasteiger partial charge is 0.356 e. The van der Waals surface area contributed by atoms with E-state index in [1.54, 1.807) is 0 Å². The highest BCUT2D eigenvalue weighted by atomic mass is 16.2. The maximum Gasteiger partial charge on any atom is 0.220 e. The van der Waals surface area contributed by atoms with Crippen LogP contribution in [-0.2, 0) is 9.59 Å². The Balaban J connectivity index is 3.31. The summed E-state index contributed by atoms with van der Waals surface area (Å²) in [5.74, 6) is 0.0346. The molecule has 14 heavy (non-hydrogen) atoms. The fraction of sp³-hybridized carbons (Fsp3) is 0.800. The maximum absolute atomic E-state index is 11.1. The van der Waals surface area contributed by atoms with Gasteiger partial charge in [0.15, 0.2) is 0 Å². The Morgan fingerprint density at radius 3 is 2.36 bits per heavy atom. The minimum atomic E-state index is -0.0287. The quantitative estimate of drug-likeness (QED) is 0.606. The van der Waals surface area contributed by atoms with Gasteiger partial charge in [-0.15, -0.1) is 0 Å². The number of hydrogen-bond acceptors (Lipinski definition) is 3. The number of ketones is 1. The number of nitrogens with zero attached hydrogens (tertiary/aromatic N) is 1. The molecule has 0 unspecified atom stereocenters. The molecule has 0 atom stereocenters. The van der Waals surface area contributed by atoms with Gasteiger partial charge in [0.2, 0.25) is 5.91 Å². The molecular weight excluding hydrogens is 180 g/mol. The minimum absolute atomic E-state index is 0.0287. The van der Waals surface area contributed by atoms with E-state index in [1.807, 2.05) is 14.1 Å². The van der Waals surface area contributed by atoms with Gasteiger partial charge in [-0.05, 0) is 34.0 Å². The zero-order chi connectivity index (χ0) is 11.0. The van der Waals surface area contributed by atoms with Crippen LogP contribution in [0.5, 0.6) is 0 Å². The molecule has 0 spiro atoms. The zero-order valence-corrected chi connectivity index (χ0v) is 9.30. The second-order valence-corrected chi connectivity index (χ2v) is 3.71. The Hall–Kier alpha value is -0.900. The molecule has 0 heterocycles. The lowest BCUT2D eigenvalue weighted by Crippen LogP contribution is -2.27. The Morgan fingerprint density at radius 1 is 1.21 bits per heavy atom. The van der Waals surface area contributed by atoms with Crippen LogP contribution in [0.15, 0.2) is 0 Å². The summed E-state index contributed by atoms with van der Waals surface area (Å²) in [5.41, 5.74) is 0. The highest BCUT2D eigenvalue weighted by Crippen LogP contribution is 1.90. The molecule has 0 saturated carbocycles. The van der Waals surface area contributed by atoms with Crippen molar-refractivity contribution in [3.05, 3.63) is 0 Å². The van der Waals surface area contributed by atoms with Crippen molar-refractivity contribution < 1.29 is 9.59 Å². The number of nitrogens with one attached hydrogen (secondary N) is 1. The lowest BCUT2D eigenvalue weighted by Gasteiger charge is -2.09. The summed E-state index contributed by atoms with van der Waals surface area (Å²) in [6.45, 7) is 3.15. The third kappa shape index (κ3) is 9.19. The molecule has 82 valence electrons. The van der Waals surface area contributed by atoms with Crippen molar-refractivity contribution in [2.75, 3.05) is 27.2 Å². The number of rotatable bonds is 7. The van der Waals surface area contributed by atoms with Gasteiger partial charge in [0.05, 0.1) is 0 Å². The third-order valence-electron chi connectivity index (χ3n) is 1.81. The van der Waals surface area contributed by atoms with Crippen LogP contribution in [-0.4, -0.2) is 43.8 Å². The average Bonchev–Trinajstić information content (AvgIpc) is 2.08. The molecule has 0 aliphatic carbocycles. The summed E-state index contributed by atoms with van der Waals surface area (Å²) >= 11 is 0. The summed E-state index contributed by atoms with van der Waals surface area (Å²) in [6, 6.07) is 0. The van der Waals surface area contributed by atoms with Gasteiger partial charge in [0.1, 0.15) is 5.78 Å². The van der Waals surface area contributed by atoms with E-state index in [9.17, 15) is 9.59 Å². The summed E-state index contributed by atoms with van der Waals surface area (Å²) in [4.78, 5) is 23.8. The molecule has 4 nitrogen and oxygen atoms in total. The fourth-order valence-corrected chi connectivity index (χ4v) is 1.00. The van der Waals surface area contributed by atoms with Crippen LogP contribution in [0.2, 0.25) is 0 Å². The molecule has 0 aromatic heterocycles. The van der Waals surface area contributed by atoms with Crippen molar-refractivity contribution in [3.8, 4) is 0 Å². The van der Waals surface area contributed by atoms with Crippen molar-refractivity contribution in [3.63, 3.8) is 0 Å². The lowest BCUT2D eigenvalue weighted by atomic mass is 10.2. The van der Waals surface area contributed by atoms with E-state index in [-0.39, 0.29) is 11.7 Å². The van der Waals surface area contributed by atoms with Crippen LogP contribution >= 0.6 is 0 Å². The van der Waals surface area contributed by atoms with E-state index in [0.717, 1.165) is 13.0 Å². The molecule has 1 amide bonds. The molecule has 0 radical (unpaired) electrons. The van der Waals surface area contributed by atoms with Crippen molar-refractivity contribution in [2.45, 2.75) is 26.2 Å². The Morgan fingerprint density at radius 2 is 1.86 bits per heavy atom. The van der Waals surface area contributed by atoms with Crippen LogP contribution < -0.4 is 5.32 Å². The molecule has 0 aliphatic rings. The van der Waals surface area contributed by atoms with Gasteiger partial charge in [-0.2, -0.15) is 0 Å². The van der Waals surface area contributed by atoms with Crippen LogP contribution in [0.1, 0.15) is 26.2 Å². The SMILES string of the molecule is CC(=O)CCC(=O)NCCCN(C)C. The smallest absolute Gasteiger partial charge is 0.220 e. The lowest BCUT2D eigenvalue weighted by molar-refractivity contribution is -0.124. The van der Waals surface area contributed by atoms with Crippen LogP contribution in [0.25, 0.3) is 0 Å². The Kier molecular flexibility index (Phi) is 7.02. The van der Waals surface area contributed by atoms with E-state index in [1.165, 1.54) is 6.92 Å². The second-order valence-electron chi connectivity index (χ2n) is 3.71. The van der Waals surface area contributed by atoms with E-state index < -0.39 is 0 Å². The molecule has 0 aliphatic heterocycles. The third-order valence-corrected chi connectivity index (χ3v) is 1.81. The van der Waals surface area contributed by atoms with Crippen molar-refractivity contribution in [1.29, 1.82) is 0 Å². The molecular formula is C10H20N2O2. The predicted molar refractivity (Wildman–Crippen MR) is 56.1 cm³/mol. The Bertz CT molecular complexity index is 191. The molecule has 4 heteroatoms. The van der Waals surface area contributed by atoms with Crippen molar-refractivity contribution in [1.82, 2.24) is 10.2 Å². The van der Waals surface area contributed by atoms with Crippen LogP contribution in [0.4, 0.5) is 0 Å². The zero-order valence-electron chi connectivity index (χ0n) is 9.30. The standard InChI is InChI=1S/C10H20N2O2/c1-9(13)5-6-10(14)11-7-4-8-12(2)3/h4-8H2,1-3H3,(H,11,14). The highest BCUT2D eigenvalue weighted by molar-refractivity contribution is 5.83. The van der Waals surface area contributed by atoms with Crippen molar-refractivity contribution >= 4 is 11.7 Å². The number of carbonyl (C=O) groups excluding carboxylic acids is 2. The highest BCUT2D eigenvalue weighted by Gasteiger charge is 2.02. The number of hydrogen-bond donors (Lipinski definition) is 1. The summed E-state index contributed by atoms with van der Waals surface area (Å²) in [6.07, 6.45) is 1.61. The van der Waals surface area contributed by atoms with Gasteiger partial charge in [0.25, 0.3) is 0 Å². The van der Waals surface area contributed by atoms with Gasteiger partial charge >= 0.3 is 0 Å². The molecule has 0 aromatic rings. The maximum atomic E-state index is 11.1. The van der Waals surface area contributed by atoms with Gasteiger partial charge in [-0.25, -0.2) is 0 Å².